The monoisotopic (exact) mass is 227 g/mol. The summed E-state index contributed by atoms with van der Waals surface area (Å²) < 4.78 is 0. The summed E-state index contributed by atoms with van der Waals surface area (Å²) in [5.74, 6) is 0. The smallest absolute Gasteiger partial charge is 0.118 e. The van der Waals surface area contributed by atoms with E-state index < -0.39 is 11.7 Å². The predicted molar refractivity (Wildman–Crippen MR) is 58.8 cm³/mol. The molecule has 1 aromatic rings. The van der Waals surface area contributed by atoms with Crippen molar-refractivity contribution in [1.29, 1.82) is 0 Å². The molecule has 0 saturated carbocycles. The second kappa shape index (κ2) is 4.10. The molecule has 3 N–H and O–H groups in total. The van der Waals surface area contributed by atoms with E-state index in [2.05, 4.69) is 5.32 Å². The number of β-amino-alcohol motifs (C(OH)–C–C–N with tert-alkyl or cyclic N) is 1. The fourth-order valence-corrected chi connectivity index (χ4v) is 2.05. The van der Waals surface area contributed by atoms with Gasteiger partial charge in [0.25, 0.3) is 0 Å². The highest BCUT2D eigenvalue weighted by Crippen LogP contribution is 2.31. The van der Waals surface area contributed by atoms with E-state index in [1.54, 1.807) is 24.3 Å². The largest absolute Gasteiger partial charge is 0.388 e. The molecule has 15 heavy (non-hydrogen) atoms. The first-order chi connectivity index (χ1) is 7.13. The topological polar surface area (TPSA) is 52.5 Å². The summed E-state index contributed by atoms with van der Waals surface area (Å²) in [5, 5.41) is 23.8. The number of aliphatic hydroxyl groups excluding tert-OH is 1. The fraction of sp³-hybridized carbons (Fsp3) is 0.455. The van der Waals surface area contributed by atoms with Gasteiger partial charge in [0.05, 0.1) is 6.10 Å². The lowest BCUT2D eigenvalue weighted by Crippen LogP contribution is -2.51. The van der Waals surface area contributed by atoms with Crippen molar-refractivity contribution < 1.29 is 10.2 Å². The SMILES string of the molecule is O[C@H]1CNCC[C@@]1(O)c1ccc(Cl)cc1. The van der Waals surface area contributed by atoms with Crippen LogP contribution in [0.1, 0.15) is 12.0 Å². The zero-order chi connectivity index (χ0) is 10.9. The lowest BCUT2D eigenvalue weighted by atomic mass is 9.83. The Morgan fingerprint density at radius 2 is 2.00 bits per heavy atom. The van der Waals surface area contributed by atoms with E-state index in [0.717, 1.165) is 5.56 Å². The van der Waals surface area contributed by atoms with Gasteiger partial charge in [-0.2, -0.15) is 0 Å². The van der Waals surface area contributed by atoms with Gasteiger partial charge in [-0.1, -0.05) is 23.7 Å². The van der Waals surface area contributed by atoms with Gasteiger partial charge in [-0.25, -0.2) is 0 Å². The van der Waals surface area contributed by atoms with Crippen LogP contribution in [0.25, 0.3) is 0 Å². The summed E-state index contributed by atoms with van der Waals surface area (Å²) in [5.41, 5.74) is -0.420. The highest BCUT2D eigenvalue weighted by molar-refractivity contribution is 6.30. The molecule has 1 heterocycles. The summed E-state index contributed by atoms with van der Waals surface area (Å²) in [6.45, 7) is 1.12. The average molecular weight is 228 g/mol. The Bertz CT molecular complexity index is 341. The molecule has 0 aromatic heterocycles. The third-order valence-electron chi connectivity index (χ3n) is 2.92. The van der Waals surface area contributed by atoms with Crippen molar-refractivity contribution in [3.8, 4) is 0 Å². The number of piperidine rings is 1. The molecule has 1 aromatic carbocycles. The quantitative estimate of drug-likeness (QED) is 0.668. The van der Waals surface area contributed by atoms with Crippen LogP contribution in [0.5, 0.6) is 0 Å². The van der Waals surface area contributed by atoms with Crippen LogP contribution in [-0.4, -0.2) is 29.4 Å². The molecule has 4 heteroatoms. The molecule has 82 valence electrons. The molecule has 0 radical (unpaired) electrons. The van der Waals surface area contributed by atoms with E-state index in [9.17, 15) is 10.2 Å². The van der Waals surface area contributed by atoms with E-state index in [0.29, 0.717) is 24.5 Å². The van der Waals surface area contributed by atoms with Gasteiger partial charge < -0.3 is 15.5 Å². The first kappa shape index (κ1) is 10.9. The number of nitrogens with one attached hydrogen (secondary N) is 1. The van der Waals surface area contributed by atoms with Gasteiger partial charge in [0.15, 0.2) is 0 Å². The number of hydrogen-bond donors (Lipinski definition) is 3. The Labute approximate surface area is 93.7 Å². The van der Waals surface area contributed by atoms with Crippen molar-refractivity contribution in [2.75, 3.05) is 13.1 Å². The van der Waals surface area contributed by atoms with Crippen molar-refractivity contribution in [2.24, 2.45) is 0 Å². The second-order valence-corrected chi connectivity index (χ2v) is 4.34. The second-order valence-electron chi connectivity index (χ2n) is 3.90. The maximum absolute atomic E-state index is 10.4. The van der Waals surface area contributed by atoms with Crippen molar-refractivity contribution >= 4 is 11.6 Å². The Kier molecular flexibility index (Phi) is 2.98. The van der Waals surface area contributed by atoms with Gasteiger partial charge >= 0.3 is 0 Å². The van der Waals surface area contributed by atoms with Gasteiger partial charge in [-0.3, -0.25) is 0 Å². The van der Waals surface area contributed by atoms with Gasteiger partial charge in [0.1, 0.15) is 5.60 Å². The van der Waals surface area contributed by atoms with Gasteiger partial charge in [0.2, 0.25) is 0 Å². The lowest BCUT2D eigenvalue weighted by molar-refractivity contribution is -0.0976. The van der Waals surface area contributed by atoms with Crippen LogP contribution in [0.3, 0.4) is 0 Å². The molecule has 0 unspecified atom stereocenters. The predicted octanol–water partition coefficient (Wildman–Crippen LogP) is 0.882. The van der Waals surface area contributed by atoms with Crippen LogP contribution in [0.15, 0.2) is 24.3 Å². The number of rotatable bonds is 1. The summed E-state index contributed by atoms with van der Waals surface area (Å²) in [7, 11) is 0. The van der Waals surface area contributed by atoms with E-state index in [1.165, 1.54) is 0 Å². The van der Waals surface area contributed by atoms with Crippen molar-refractivity contribution in [1.82, 2.24) is 5.32 Å². The van der Waals surface area contributed by atoms with Crippen molar-refractivity contribution in [3.63, 3.8) is 0 Å². The Balaban J connectivity index is 2.30. The van der Waals surface area contributed by atoms with E-state index in [-0.39, 0.29) is 0 Å². The highest BCUT2D eigenvalue weighted by Gasteiger charge is 2.39. The van der Waals surface area contributed by atoms with E-state index in [1.807, 2.05) is 0 Å². The fourth-order valence-electron chi connectivity index (χ4n) is 1.93. The molecule has 0 amide bonds. The number of halogens is 1. The Morgan fingerprint density at radius 1 is 1.33 bits per heavy atom. The molecule has 1 saturated heterocycles. The zero-order valence-corrected chi connectivity index (χ0v) is 9.04. The zero-order valence-electron chi connectivity index (χ0n) is 8.28. The van der Waals surface area contributed by atoms with E-state index >= 15 is 0 Å². The molecule has 1 aliphatic heterocycles. The molecule has 2 rings (SSSR count). The first-order valence-corrected chi connectivity index (χ1v) is 5.38. The standard InChI is InChI=1S/C11H14ClNO2/c12-9-3-1-8(2-4-9)11(15)5-6-13-7-10(11)14/h1-4,10,13-15H,5-7H2/t10-,11+/m0/s1. The molecule has 3 nitrogen and oxygen atoms in total. The normalized spacial score (nSPS) is 31.5. The van der Waals surface area contributed by atoms with Gasteiger partial charge in [-0.05, 0) is 30.7 Å². The van der Waals surface area contributed by atoms with Crippen LogP contribution in [-0.2, 0) is 5.60 Å². The number of benzene rings is 1. The maximum Gasteiger partial charge on any atom is 0.118 e. The Hall–Kier alpha value is -0.610. The average Bonchev–Trinajstić information content (AvgIpc) is 2.23. The third kappa shape index (κ3) is 2.01. The molecule has 1 fully saturated rings. The highest BCUT2D eigenvalue weighted by atomic mass is 35.5. The molecular formula is C11H14ClNO2. The molecule has 0 bridgehead atoms. The van der Waals surface area contributed by atoms with Crippen LogP contribution in [0.4, 0.5) is 0 Å². The van der Waals surface area contributed by atoms with Crippen LogP contribution < -0.4 is 5.32 Å². The van der Waals surface area contributed by atoms with Crippen molar-refractivity contribution in [3.05, 3.63) is 34.9 Å². The van der Waals surface area contributed by atoms with Crippen LogP contribution in [0, 0.1) is 0 Å². The molecule has 1 aliphatic rings. The number of hydrogen-bond acceptors (Lipinski definition) is 3. The Morgan fingerprint density at radius 3 is 2.60 bits per heavy atom. The van der Waals surface area contributed by atoms with Gasteiger partial charge in [0, 0.05) is 11.6 Å². The molecular weight excluding hydrogens is 214 g/mol. The summed E-state index contributed by atoms with van der Waals surface area (Å²) >= 11 is 5.78. The maximum atomic E-state index is 10.4. The molecule has 2 atom stereocenters. The molecule has 0 spiro atoms. The third-order valence-corrected chi connectivity index (χ3v) is 3.17. The summed E-state index contributed by atoms with van der Waals surface area (Å²) in [4.78, 5) is 0. The number of aliphatic hydroxyl groups is 2. The lowest BCUT2D eigenvalue weighted by Gasteiger charge is -2.37. The first-order valence-electron chi connectivity index (χ1n) is 5.00. The minimum absolute atomic E-state index is 0.416. The van der Waals surface area contributed by atoms with Crippen LogP contribution >= 0.6 is 11.6 Å². The minimum Gasteiger partial charge on any atom is -0.388 e. The summed E-state index contributed by atoms with van der Waals surface area (Å²) in [6.07, 6.45) is -0.261. The molecule has 0 aliphatic carbocycles. The minimum atomic E-state index is -1.14. The van der Waals surface area contributed by atoms with Gasteiger partial charge in [-0.15, -0.1) is 0 Å². The summed E-state index contributed by atoms with van der Waals surface area (Å²) in [6, 6.07) is 6.97. The van der Waals surface area contributed by atoms with Crippen LogP contribution in [0.2, 0.25) is 5.02 Å². The van der Waals surface area contributed by atoms with Crippen molar-refractivity contribution in [2.45, 2.75) is 18.1 Å². The van der Waals surface area contributed by atoms with E-state index in [4.69, 9.17) is 11.6 Å².